The molecule has 0 atom stereocenters. The van der Waals surface area contributed by atoms with Crippen LogP contribution >= 0.6 is 0 Å². The van der Waals surface area contributed by atoms with Crippen LogP contribution in [0.15, 0.2) is 12.1 Å². The van der Waals surface area contributed by atoms with Gasteiger partial charge in [0.2, 0.25) is 0 Å². The van der Waals surface area contributed by atoms with Gasteiger partial charge < -0.3 is 19.1 Å². The average molecular weight is 262 g/mol. The molecule has 0 radical (unpaired) electrons. The van der Waals surface area contributed by atoms with Crippen molar-refractivity contribution in [3.63, 3.8) is 0 Å². The summed E-state index contributed by atoms with van der Waals surface area (Å²) in [6.07, 6.45) is 0.0702. The third kappa shape index (κ3) is 2.09. The third-order valence-electron chi connectivity index (χ3n) is 3.15. The molecule has 6 nitrogen and oxygen atoms in total. The van der Waals surface area contributed by atoms with E-state index in [0.717, 1.165) is 16.9 Å². The van der Waals surface area contributed by atoms with Gasteiger partial charge in [-0.3, -0.25) is 4.79 Å². The first-order valence-corrected chi connectivity index (χ1v) is 6.13. The summed E-state index contributed by atoms with van der Waals surface area (Å²) in [4.78, 5) is 15.1. The first-order valence-electron chi connectivity index (χ1n) is 6.13. The van der Waals surface area contributed by atoms with E-state index in [-0.39, 0.29) is 6.42 Å². The highest BCUT2D eigenvalue weighted by atomic mass is 16.6. The molecule has 0 aliphatic carbocycles. The number of aryl methyl sites for hydroxylation is 2. The van der Waals surface area contributed by atoms with E-state index in [0.29, 0.717) is 31.3 Å². The molecule has 1 N–H and O–H groups in total. The second-order valence-corrected chi connectivity index (χ2v) is 4.44. The summed E-state index contributed by atoms with van der Waals surface area (Å²) in [5.74, 6) is 1.36. The molecule has 100 valence electrons. The summed E-state index contributed by atoms with van der Waals surface area (Å²) >= 11 is 0. The Kier molecular flexibility index (Phi) is 2.77. The molecule has 0 bridgehead atoms. The van der Waals surface area contributed by atoms with Gasteiger partial charge in [-0.05, 0) is 6.92 Å². The minimum Gasteiger partial charge on any atom is -0.486 e. The zero-order valence-electron chi connectivity index (χ0n) is 10.5. The lowest BCUT2D eigenvalue weighted by Gasteiger charge is -2.18. The number of nitrogens with zero attached hydrogens (tertiary/aromatic N) is 2. The van der Waals surface area contributed by atoms with Crippen LogP contribution in [0, 0.1) is 6.92 Å². The number of imidazole rings is 1. The van der Waals surface area contributed by atoms with Crippen molar-refractivity contribution in [2.24, 2.45) is 0 Å². The number of carboxylic acids is 1. The van der Waals surface area contributed by atoms with Crippen LogP contribution in [0.4, 0.5) is 0 Å². The molecule has 2 heterocycles. The fourth-order valence-electron chi connectivity index (χ4n) is 2.27. The molecule has 0 saturated carbocycles. The Labute approximate surface area is 109 Å². The molecule has 0 unspecified atom stereocenters. The molecule has 19 heavy (non-hydrogen) atoms. The van der Waals surface area contributed by atoms with Gasteiger partial charge in [-0.1, -0.05) is 0 Å². The maximum Gasteiger partial charge on any atom is 0.305 e. The van der Waals surface area contributed by atoms with Crippen molar-refractivity contribution in [1.82, 2.24) is 9.55 Å². The lowest BCUT2D eigenvalue weighted by atomic mass is 10.2. The van der Waals surface area contributed by atoms with E-state index in [2.05, 4.69) is 4.98 Å². The summed E-state index contributed by atoms with van der Waals surface area (Å²) in [6, 6.07) is 3.71. The number of ether oxygens (including phenoxy) is 2. The van der Waals surface area contributed by atoms with Gasteiger partial charge in [0.05, 0.1) is 17.5 Å². The monoisotopic (exact) mass is 262 g/mol. The molecule has 0 saturated heterocycles. The standard InChI is InChI=1S/C13H14N2O4/c1-8-14-9-6-11-12(19-5-4-18-11)7-10(9)15(8)3-2-13(16)17/h6-7H,2-5H2,1H3,(H,16,17). The summed E-state index contributed by atoms with van der Waals surface area (Å²) in [6.45, 7) is 3.33. The largest absolute Gasteiger partial charge is 0.486 e. The first kappa shape index (κ1) is 11.8. The highest BCUT2D eigenvalue weighted by Gasteiger charge is 2.17. The lowest BCUT2D eigenvalue weighted by Crippen LogP contribution is -2.15. The van der Waals surface area contributed by atoms with Crippen molar-refractivity contribution in [3.05, 3.63) is 18.0 Å². The van der Waals surface area contributed by atoms with Crippen molar-refractivity contribution >= 4 is 17.0 Å². The maximum absolute atomic E-state index is 10.7. The van der Waals surface area contributed by atoms with Crippen LogP contribution < -0.4 is 9.47 Å². The third-order valence-corrected chi connectivity index (χ3v) is 3.15. The number of benzene rings is 1. The number of fused-ring (bicyclic) bond motifs is 2. The van der Waals surface area contributed by atoms with Crippen LogP contribution in [-0.4, -0.2) is 33.8 Å². The highest BCUT2D eigenvalue weighted by Crippen LogP contribution is 2.34. The van der Waals surface area contributed by atoms with Crippen LogP contribution in [0.1, 0.15) is 12.2 Å². The number of aromatic nitrogens is 2. The molecule has 0 fully saturated rings. The van der Waals surface area contributed by atoms with E-state index in [4.69, 9.17) is 14.6 Å². The fourth-order valence-corrected chi connectivity index (χ4v) is 2.27. The Morgan fingerprint density at radius 3 is 2.74 bits per heavy atom. The Balaban J connectivity index is 2.06. The van der Waals surface area contributed by atoms with Crippen LogP contribution in [-0.2, 0) is 11.3 Å². The smallest absolute Gasteiger partial charge is 0.305 e. The van der Waals surface area contributed by atoms with E-state index in [1.807, 2.05) is 23.6 Å². The second-order valence-electron chi connectivity index (χ2n) is 4.44. The first-order chi connectivity index (χ1) is 9.15. The predicted molar refractivity (Wildman–Crippen MR) is 67.7 cm³/mol. The number of rotatable bonds is 3. The number of carbonyl (C=O) groups is 1. The molecule has 1 aliphatic rings. The number of aliphatic carboxylic acids is 1. The van der Waals surface area contributed by atoms with Gasteiger partial charge in [-0.25, -0.2) is 4.98 Å². The zero-order chi connectivity index (χ0) is 13.4. The van der Waals surface area contributed by atoms with Gasteiger partial charge in [0.15, 0.2) is 11.5 Å². The quantitative estimate of drug-likeness (QED) is 0.909. The topological polar surface area (TPSA) is 73.6 Å². The lowest BCUT2D eigenvalue weighted by molar-refractivity contribution is -0.137. The maximum atomic E-state index is 10.7. The minimum atomic E-state index is -0.821. The molecular weight excluding hydrogens is 248 g/mol. The van der Waals surface area contributed by atoms with Gasteiger partial charge >= 0.3 is 5.97 Å². The van der Waals surface area contributed by atoms with Gasteiger partial charge in [-0.2, -0.15) is 0 Å². The molecular formula is C13H14N2O4. The number of carboxylic acid groups (broad SMARTS) is 1. The Morgan fingerprint density at radius 1 is 1.37 bits per heavy atom. The van der Waals surface area contributed by atoms with Crippen molar-refractivity contribution < 1.29 is 19.4 Å². The summed E-state index contributed by atoms with van der Waals surface area (Å²) < 4.78 is 12.9. The van der Waals surface area contributed by atoms with E-state index in [1.165, 1.54) is 0 Å². The van der Waals surface area contributed by atoms with Gasteiger partial charge in [0, 0.05) is 18.7 Å². The minimum absolute atomic E-state index is 0.0702. The molecule has 1 aromatic carbocycles. The molecule has 6 heteroatoms. The molecule has 2 aromatic rings. The number of hydrogen-bond acceptors (Lipinski definition) is 4. The van der Waals surface area contributed by atoms with Gasteiger partial charge in [0.25, 0.3) is 0 Å². The summed E-state index contributed by atoms with van der Waals surface area (Å²) in [7, 11) is 0. The predicted octanol–water partition coefficient (Wildman–Crippen LogP) is 1.59. The van der Waals surface area contributed by atoms with Crippen LogP contribution in [0.2, 0.25) is 0 Å². The normalized spacial score (nSPS) is 13.7. The van der Waals surface area contributed by atoms with Gasteiger partial charge in [0.1, 0.15) is 19.0 Å². The van der Waals surface area contributed by atoms with E-state index >= 15 is 0 Å². The Hall–Kier alpha value is -2.24. The zero-order valence-corrected chi connectivity index (χ0v) is 10.5. The fraction of sp³-hybridized carbons (Fsp3) is 0.385. The van der Waals surface area contributed by atoms with Crippen molar-refractivity contribution in [1.29, 1.82) is 0 Å². The molecule has 1 aliphatic heterocycles. The van der Waals surface area contributed by atoms with Crippen LogP contribution in [0.5, 0.6) is 11.5 Å². The van der Waals surface area contributed by atoms with Crippen molar-refractivity contribution in [2.75, 3.05) is 13.2 Å². The molecule has 3 rings (SSSR count). The molecule has 1 aromatic heterocycles. The average Bonchev–Trinajstić information content (AvgIpc) is 2.68. The summed E-state index contributed by atoms with van der Waals surface area (Å²) in [5, 5.41) is 8.79. The summed E-state index contributed by atoms with van der Waals surface area (Å²) in [5.41, 5.74) is 1.68. The van der Waals surface area contributed by atoms with Crippen LogP contribution in [0.3, 0.4) is 0 Å². The second kappa shape index (κ2) is 4.46. The highest BCUT2D eigenvalue weighted by molar-refractivity contribution is 5.81. The molecule has 0 amide bonds. The SMILES string of the molecule is Cc1nc2cc3c(cc2n1CCC(=O)O)OCCO3. The number of hydrogen-bond donors (Lipinski definition) is 1. The van der Waals surface area contributed by atoms with Crippen LogP contribution in [0.25, 0.3) is 11.0 Å². The Morgan fingerprint density at radius 2 is 2.05 bits per heavy atom. The van der Waals surface area contributed by atoms with Gasteiger partial charge in [-0.15, -0.1) is 0 Å². The van der Waals surface area contributed by atoms with E-state index in [9.17, 15) is 4.79 Å². The van der Waals surface area contributed by atoms with E-state index < -0.39 is 5.97 Å². The van der Waals surface area contributed by atoms with E-state index in [1.54, 1.807) is 0 Å². The van der Waals surface area contributed by atoms with Crippen molar-refractivity contribution in [2.45, 2.75) is 19.9 Å². The van der Waals surface area contributed by atoms with Crippen molar-refractivity contribution in [3.8, 4) is 11.5 Å². The Bertz CT molecular complexity index is 648. The molecule has 0 spiro atoms.